The number of aromatic nitrogens is 3. The number of para-hydroxylation sites is 3. The van der Waals surface area contributed by atoms with E-state index in [1.54, 1.807) is 34.9 Å². The van der Waals surface area contributed by atoms with Gasteiger partial charge in [-0.2, -0.15) is 5.10 Å². The van der Waals surface area contributed by atoms with E-state index in [4.69, 9.17) is 23.2 Å². The zero-order valence-corrected chi connectivity index (χ0v) is 20.4. The number of thioether (sulfide) groups is 1. The molecule has 9 nitrogen and oxygen atoms in total. The molecule has 1 heterocycles. The zero-order chi connectivity index (χ0) is 24.9. The maximum atomic E-state index is 12.4. The third kappa shape index (κ3) is 5.51. The van der Waals surface area contributed by atoms with Crippen LogP contribution in [-0.4, -0.2) is 30.5 Å². The Morgan fingerprint density at radius 2 is 1.77 bits per heavy atom. The van der Waals surface area contributed by atoms with Crippen molar-refractivity contribution in [1.82, 2.24) is 14.8 Å². The highest BCUT2D eigenvalue weighted by molar-refractivity contribution is 8.15. The molecule has 12 heteroatoms. The number of anilines is 1. The Hall–Kier alpha value is -3.73. The number of nitrogens with one attached hydrogen (secondary N) is 1. The summed E-state index contributed by atoms with van der Waals surface area (Å²) < 4.78 is 1.74. The molecule has 0 aliphatic rings. The first-order valence-corrected chi connectivity index (χ1v) is 11.6. The lowest BCUT2D eigenvalue weighted by Crippen LogP contribution is -2.10. The van der Waals surface area contributed by atoms with E-state index in [-0.39, 0.29) is 22.2 Å². The van der Waals surface area contributed by atoms with Gasteiger partial charge in [0.15, 0.2) is 16.7 Å². The Kier molecular flexibility index (Phi) is 7.45. The molecule has 0 radical (unpaired) electrons. The number of hydrogen-bond acceptors (Lipinski definition) is 8. The number of nitrogens with zero attached hydrogens (tertiary/aromatic N) is 5. The SMILES string of the molecule is CC(=O)/C(=N/Nc1ccccc1[N+](=O)[O-])Sc1nnc(-c2ccc(Cl)cc2Cl)n1-c1ccccc1. The van der Waals surface area contributed by atoms with Crippen molar-refractivity contribution >= 4 is 57.2 Å². The van der Waals surface area contributed by atoms with E-state index in [0.717, 1.165) is 17.4 Å². The molecular formula is C23H16Cl2N6O3S. The minimum Gasteiger partial charge on any atom is -0.292 e. The largest absolute Gasteiger partial charge is 0.294 e. The molecule has 176 valence electrons. The van der Waals surface area contributed by atoms with Crippen LogP contribution in [0, 0.1) is 10.1 Å². The van der Waals surface area contributed by atoms with Crippen molar-refractivity contribution in [2.45, 2.75) is 12.1 Å². The number of hydrazone groups is 1. The number of halogens is 2. The van der Waals surface area contributed by atoms with Gasteiger partial charge in [-0.05, 0) is 48.2 Å². The molecule has 4 aromatic rings. The molecule has 0 fully saturated rings. The molecule has 0 unspecified atom stereocenters. The minimum absolute atomic E-state index is 0.0292. The molecule has 0 atom stereocenters. The lowest BCUT2D eigenvalue weighted by Gasteiger charge is -2.11. The molecule has 0 aliphatic carbocycles. The summed E-state index contributed by atoms with van der Waals surface area (Å²) in [4.78, 5) is 23.1. The van der Waals surface area contributed by atoms with Crippen LogP contribution in [0.3, 0.4) is 0 Å². The van der Waals surface area contributed by atoms with Crippen LogP contribution in [0.2, 0.25) is 10.0 Å². The lowest BCUT2D eigenvalue weighted by molar-refractivity contribution is -0.384. The molecule has 0 aliphatic heterocycles. The average Bonchev–Trinajstić information content (AvgIpc) is 3.25. The van der Waals surface area contributed by atoms with Gasteiger partial charge in [-0.1, -0.05) is 53.5 Å². The van der Waals surface area contributed by atoms with Gasteiger partial charge >= 0.3 is 0 Å². The first-order valence-electron chi connectivity index (χ1n) is 10.1. The second-order valence-electron chi connectivity index (χ2n) is 7.06. The topological polar surface area (TPSA) is 115 Å². The number of hydrogen-bond donors (Lipinski definition) is 1. The first kappa shape index (κ1) is 24.4. The van der Waals surface area contributed by atoms with E-state index in [9.17, 15) is 14.9 Å². The fourth-order valence-corrected chi connectivity index (χ4v) is 4.36. The number of nitro groups is 1. The molecular weight excluding hydrogens is 511 g/mol. The molecule has 1 N–H and O–H groups in total. The summed E-state index contributed by atoms with van der Waals surface area (Å²) in [5, 5.41) is 25.2. The smallest absolute Gasteiger partial charge is 0.292 e. The van der Waals surface area contributed by atoms with Crippen LogP contribution < -0.4 is 5.43 Å². The van der Waals surface area contributed by atoms with Gasteiger partial charge in [-0.3, -0.25) is 24.9 Å². The van der Waals surface area contributed by atoms with Crippen LogP contribution in [0.4, 0.5) is 11.4 Å². The highest BCUT2D eigenvalue weighted by Crippen LogP contribution is 2.34. The fourth-order valence-electron chi connectivity index (χ4n) is 3.09. The van der Waals surface area contributed by atoms with Crippen LogP contribution in [0.15, 0.2) is 83.1 Å². The van der Waals surface area contributed by atoms with Crippen LogP contribution in [0.1, 0.15) is 6.92 Å². The summed E-state index contributed by atoms with van der Waals surface area (Å²) in [5.41, 5.74) is 3.93. The molecule has 0 saturated carbocycles. The van der Waals surface area contributed by atoms with Crippen LogP contribution in [0.25, 0.3) is 17.1 Å². The van der Waals surface area contributed by atoms with Gasteiger partial charge in [0.05, 0.1) is 9.95 Å². The average molecular weight is 527 g/mol. The number of carbonyl (C=O) groups excluding carboxylic acids is 1. The monoisotopic (exact) mass is 526 g/mol. The molecule has 35 heavy (non-hydrogen) atoms. The van der Waals surface area contributed by atoms with Gasteiger partial charge in [-0.25, -0.2) is 0 Å². The number of carbonyl (C=O) groups is 1. The number of nitro benzene ring substituents is 1. The number of benzene rings is 3. The molecule has 1 aromatic heterocycles. The standard InChI is InChI=1S/C23H16Cl2N6O3S/c1-14(32)22(28-26-19-9-5-6-10-20(19)31(33)34)35-23-29-27-21(17-12-11-15(24)13-18(17)25)30(23)16-7-3-2-4-8-16/h2-13,26H,1H3/b28-22-. The number of rotatable bonds is 7. The van der Waals surface area contributed by atoms with E-state index in [0.29, 0.717) is 26.6 Å². The van der Waals surface area contributed by atoms with Crippen LogP contribution >= 0.6 is 35.0 Å². The summed E-state index contributed by atoms with van der Waals surface area (Å²) in [5.74, 6) is 0.0738. The van der Waals surface area contributed by atoms with Gasteiger partial charge in [0.1, 0.15) is 5.69 Å². The van der Waals surface area contributed by atoms with Gasteiger partial charge in [0, 0.05) is 29.3 Å². The first-order chi connectivity index (χ1) is 16.8. The normalized spacial score (nSPS) is 11.3. The number of Topliss-reactive ketones (excluding diaryl/α,β-unsaturated/α-hetero) is 1. The Morgan fingerprint density at radius 3 is 2.46 bits per heavy atom. The molecule has 0 saturated heterocycles. The summed E-state index contributed by atoms with van der Waals surface area (Å²) >= 11 is 13.4. The van der Waals surface area contributed by atoms with Crippen molar-refractivity contribution in [2.24, 2.45) is 5.10 Å². The predicted molar refractivity (Wildman–Crippen MR) is 138 cm³/mol. The Labute approximate surface area is 213 Å². The summed E-state index contributed by atoms with van der Waals surface area (Å²) in [6.45, 7) is 1.34. The lowest BCUT2D eigenvalue weighted by atomic mass is 10.2. The predicted octanol–water partition coefficient (Wildman–Crippen LogP) is 6.26. The molecule has 3 aromatic carbocycles. The van der Waals surface area contributed by atoms with Crippen LogP contribution in [-0.2, 0) is 4.79 Å². The third-order valence-electron chi connectivity index (χ3n) is 4.69. The van der Waals surface area contributed by atoms with E-state index < -0.39 is 4.92 Å². The minimum atomic E-state index is -0.535. The van der Waals surface area contributed by atoms with Crippen molar-refractivity contribution < 1.29 is 9.72 Å². The number of ketones is 1. The van der Waals surface area contributed by atoms with Gasteiger partial charge in [0.25, 0.3) is 5.69 Å². The van der Waals surface area contributed by atoms with E-state index >= 15 is 0 Å². The summed E-state index contributed by atoms with van der Waals surface area (Å²) in [6.07, 6.45) is 0. The van der Waals surface area contributed by atoms with Crippen molar-refractivity contribution in [2.75, 3.05) is 5.43 Å². The Balaban J connectivity index is 1.76. The maximum absolute atomic E-state index is 12.4. The van der Waals surface area contributed by atoms with Crippen molar-refractivity contribution in [1.29, 1.82) is 0 Å². The second kappa shape index (κ2) is 10.7. The molecule has 0 spiro atoms. The van der Waals surface area contributed by atoms with Crippen LogP contribution in [0.5, 0.6) is 0 Å². The summed E-state index contributed by atoms with van der Waals surface area (Å²) in [6, 6.07) is 20.3. The Bertz CT molecular complexity index is 1440. The van der Waals surface area contributed by atoms with Gasteiger partial charge < -0.3 is 0 Å². The van der Waals surface area contributed by atoms with E-state index in [1.165, 1.54) is 19.1 Å². The maximum Gasteiger partial charge on any atom is 0.294 e. The van der Waals surface area contributed by atoms with E-state index in [1.807, 2.05) is 30.3 Å². The quantitative estimate of drug-likeness (QED) is 0.0992. The third-order valence-corrected chi connectivity index (χ3v) is 6.25. The second-order valence-corrected chi connectivity index (χ2v) is 8.86. The Morgan fingerprint density at radius 1 is 1.06 bits per heavy atom. The highest BCUT2D eigenvalue weighted by atomic mass is 35.5. The summed E-state index contributed by atoms with van der Waals surface area (Å²) in [7, 11) is 0. The van der Waals surface area contributed by atoms with Crippen molar-refractivity contribution in [3.63, 3.8) is 0 Å². The fraction of sp³-hybridized carbons (Fsp3) is 0.0435. The zero-order valence-electron chi connectivity index (χ0n) is 18.1. The van der Waals surface area contributed by atoms with Gasteiger partial charge in [-0.15, -0.1) is 10.2 Å². The van der Waals surface area contributed by atoms with Crippen molar-refractivity contribution in [3.05, 3.63) is 93.0 Å². The van der Waals surface area contributed by atoms with E-state index in [2.05, 4.69) is 20.7 Å². The van der Waals surface area contributed by atoms with Gasteiger partial charge in [0.2, 0.25) is 5.16 Å². The molecule has 0 amide bonds. The molecule has 0 bridgehead atoms. The highest BCUT2D eigenvalue weighted by Gasteiger charge is 2.22. The van der Waals surface area contributed by atoms with Crippen molar-refractivity contribution in [3.8, 4) is 17.1 Å². The molecule has 4 rings (SSSR count).